The Bertz CT molecular complexity index is 3040. The van der Waals surface area contributed by atoms with Crippen LogP contribution in [0.15, 0.2) is 223 Å². The smallest absolute Gasteiger partial charge is 0.201 e. The predicted octanol–water partition coefficient (Wildman–Crippen LogP) is 13.0. The van der Waals surface area contributed by atoms with Gasteiger partial charge in [0.15, 0.2) is 0 Å². The van der Waals surface area contributed by atoms with Crippen LogP contribution >= 0.6 is 0 Å². The van der Waals surface area contributed by atoms with Crippen LogP contribution in [0.25, 0.3) is 39.0 Å². The molecule has 1 atom stereocenters. The topological polar surface area (TPSA) is 32.6 Å². The molecule has 1 aliphatic heterocycles. The number of benzene rings is 8. The number of hydrogen-bond donors (Lipinski definition) is 1. The van der Waals surface area contributed by atoms with E-state index in [0.29, 0.717) is 0 Å². The number of para-hydroxylation sites is 3. The van der Waals surface area contributed by atoms with Gasteiger partial charge in [-0.25, -0.2) is 4.99 Å². The Hall–Kier alpha value is -7.69. The number of aromatic nitrogens is 1. The summed E-state index contributed by atoms with van der Waals surface area (Å²) < 4.78 is 2.52. The van der Waals surface area contributed by atoms with Gasteiger partial charge in [-0.3, -0.25) is 4.57 Å². The van der Waals surface area contributed by atoms with Crippen molar-refractivity contribution in [2.75, 3.05) is 4.90 Å². The maximum absolute atomic E-state index is 5.69. The zero-order chi connectivity index (χ0) is 38.9. The van der Waals surface area contributed by atoms with Crippen molar-refractivity contribution in [3.05, 3.63) is 252 Å². The molecule has 0 saturated carbocycles. The summed E-state index contributed by atoms with van der Waals surface area (Å²) in [6.45, 7) is 0. The second-order valence-corrected chi connectivity index (χ2v) is 15.5. The van der Waals surface area contributed by atoms with Crippen LogP contribution < -0.4 is 10.2 Å². The van der Waals surface area contributed by atoms with Gasteiger partial charge in [0.2, 0.25) is 6.29 Å². The zero-order valence-corrected chi connectivity index (χ0v) is 32.2. The highest BCUT2D eigenvalue weighted by Crippen LogP contribution is 2.65. The second-order valence-electron chi connectivity index (χ2n) is 15.5. The first-order valence-electron chi connectivity index (χ1n) is 20.3. The lowest BCUT2D eigenvalue weighted by Gasteiger charge is -2.31. The van der Waals surface area contributed by atoms with Crippen LogP contribution in [0.2, 0.25) is 0 Å². The number of hydrogen-bond acceptors (Lipinski definition) is 3. The van der Waals surface area contributed by atoms with Crippen molar-refractivity contribution in [2.24, 2.45) is 4.99 Å². The van der Waals surface area contributed by atoms with Crippen molar-refractivity contribution in [3.63, 3.8) is 0 Å². The third-order valence-electron chi connectivity index (χ3n) is 12.4. The van der Waals surface area contributed by atoms with E-state index in [0.717, 1.165) is 45.1 Å². The second kappa shape index (κ2) is 13.2. The molecule has 12 rings (SSSR count). The SMILES string of the molecule is C1=C(c2ccccc2)NC(n2c3c(c4cccc(N(c5ccccc5)c5ccccc5)c42)C2(c4ccccc4-c4ccccc42)c2ccccc2-3)N=C1c1ccccc1. The molecule has 0 bridgehead atoms. The van der Waals surface area contributed by atoms with Crippen LogP contribution in [0.5, 0.6) is 0 Å². The van der Waals surface area contributed by atoms with E-state index in [1.165, 1.54) is 50.0 Å². The first-order chi connectivity index (χ1) is 29.3. The maximum atomic E-state index is 5.69. The summed E-state index contributed by atoms with van der Waals surface area (Å²) in [5.74, 6) is 0. The highest BCUT2D eigenvalue weighted by atomic mass is 15.3. The number of allylic oxidation sites excluding steroid dienone is 1. The van der Waals surface area contributed by atoms with Gasteiger partial charge in [0.1, 0.15) is 0 Å². The largest absolute Gasteiger partial charge is 0.346 e. The molecule has 0 radical (unpaired) electrons. The molecule has 0 saturated heterocycles. The molecule has 1 spiro atoms. The van der Waals surface area contributed by atoms with Gasteiger partial charge in [-0.2, -0.15) is 0 Å². The number of rotatable bonds is 6. The Morgan fingerprint density at radius 2 is 0.966 bits per heavy atom. The Morgan fingerprint density at radius 1 is 0.475 bits per heavy atom. The molecule has 59 heavy (non-hydrogen) atoms. The number of anilines is 3. The number of nitrogens with one attached hydrogen (secondary N) is 1. The fourth-order valence-corrected chi connectivity index (χ4v) is 10.1. The van der Waals surface area contributed by atoms with Crippen LogP contribution in [-0.4, -0.2) is 10.3 Å². The number of fused-ring (bicyclic) bond motifs is 12. The van der Waals surface area contributed by atoms with E-state index in [9.17, 15) is 0 Å². The molecular formula is C55H38N4. The van der Waals surface area contributed by atoms with E-state index in [2.05, 4.69) is 233 Å². The first kappa shape index (κ1) is 33.4. The molecule has 1 aromatic heterocycles. The summed E-state index contributed by atoms with van der Waals surface area (Å²) in [6, 6.07) is 76.7. The fourth-order valence-electron chi connectivity index (χ4n) is 10.1. The Morgan fingerprint density at radius 3 is 1.56 bits per heavy atom. The minimum Gasteiger partial charge on any atom is -0.346 e. The molecule has 8 aromatic carbocycles. The third-order valence-corrected chi connectivity index (χ3v) is 12.4. The lowest BCUT2D eigenvalue weighted by molar-refractivity contribution is 0.499. The molecule has 2 aliphatic carbocycles. The molecule has 2 heterocycles. The molecular weight excluding hydrogens is 717 g/mol. The molecule has 4 heteroatoms. The summed E-state index contributed by atoms with van der Waals surface area (Å²) in [5, 5.41) is 5.21. The minimum atomic E-state index is -0.551. The summed E-state index contributed by atoms with van der Waals surface area (Å²) in [5.41, 5.74) is 18.1. The third kappa shape index (κ3) is 4.87. The highest BCUT2D eigenvalue weighted by Gasteiger charge is 2.54. The van der Waals surface area contributed by atoms with E-state index in [-0.39, 0.29) is 0 Å². The van der Waals surface area contributed by atoms with Crippen LogP contribution in [0.3, 0.4) is 0 Å². The Labute approximate surface area is 343 Å². The monoisotopic (exact) mass is 754 g/mol. The van der Waals surface area contributed by atoms with E-state index >= 15 is 0 Å². The highest BCUT2D eigenvalue weighted by molar-refractivity contribution is 6.13. The van der Waals surface area contributed by atoms with Gasteiger partial charge in [-0.05, 0) is 75.4 Å². The van der Waals surface area contributed by atoms with Gasteiger partial charge in [0.05, 0.1) is 28.0 Å². The van der Waals surface area contributed by atoms with Crippen molar-refractivity contribution in [2.45, 2.75) is 11.7 Å². The normalized spacial score (nSPS) is 15.4. The van der Waals surface area contributed by atoms with Crippen LogP contribution in [0.1, 0.15) is 39.7 Å². The van der Waals surface area contributed by atoms with E-state index in [1.807, 2.05) is 0 Å². The molecule has 3 aliphatic rings. The fraction of sp³-hybridized carbons (Fsp3) is 0.0364. The lowest BCUT2D eigenvalue weighted by atomic mass is 9.70. The molecule has 1 unspecified atom stereocenters. The van der Waals surface area contributed by atoms with Gasteiger partial charge in [0, 0.05) is 33.6 Å². The van der Waals surface area contributed by atoms with Gasteiger partial charge in [0.25, 0.3) is 0 Å². The summed E-state index contributed by atoms with van der Waals surface area (Å²) in [7, 11) is 0. The molecule has 1 N–H and O–H groups in total. The van der Waals surface area contributed by atoms with Crippen molar-refractivity contribution in [1.82, 2.24) is 9.88 Å². The quantitative estimate of drug-likeness (QED) is 0.183. The van der Waals surface area contributed by atoms with Crippen molar-refractivity contribution >= 4 is 39.4 Å². The maximum Gasteiger partial charge on any atom is 0.201 e. The van der Waals surface area contributed by atoms with E-state index < -0.39 is 11.7 Å². The van der Waals surface area contributed by atoms with Gasteiger partial charge in [-0.1, -0.05) is 182 Å². The summed E-state index contributed by atoms with van der Waals surface area (Å²) in [6.07, 6.45) is 1.70. The molecule has 0 fully saturated rings. The Kier molecular flexibility index (Phi) is 7.48. The summed E-state index contributed by atoms with van der Waals surface area (Å²) >= 11 is 0. The molecule has 4 nitrogen and oxygen atoms in total. The average molecular weight is 755 g/mol. The van der Waals surface area contributed by atoms with Crippen LogP contribution in [-0.2, 0) is 5.41 Å². The molecule has 9 aromatic rings. The minimum absolute atomic E-state index is 0.499. The van der Waals surface area contributed by atoms with Gasteiger partial charge < -0.3 is 10.2 Å². The average Bonchev–Trinajstić information content (AvgIpc) is 3.93. The lowest BCUT2D eigenvalue weighted by Crippen LogP contribution is -2.30. The molecule has 278 valence electrons. The Balaban J connectivity index is 1.24. The zero-order valence-electron chi connectivity index (χ0n) is 32.2. The van der Waals surface area contributed by atoms with Crippen molar-refractivity contribution in [3.8, 4) is 22.4 Å². The van der Waals surface area contributed by atoms with Crippen LogP contribution in [0.4, 0.5) is 17.1 Å². The first-order valence-corrected chi connectivity index (χ1v) is 20.3. The number of aliphatic imine (C=N–C) groups is 1. The molecule has 0 amide bonds. The van der Waals surface area contributed by atoms with Gasteiger partial charge >= 0.3 is 0 Å². The van der Waals surface area contributed by atoms with Gasteiger partial charge in [-0.15, -0.1) is 0 Å². The summed E-state index contributed by atoms with van der Waals surface area (Å²) in [4.78, 5) is 8.10. The van der Waals surface area contributed by atoms with E-state index in [4.69, 9.17) is 4.99 Å². The van der Waals surface area contributed by atoms with E-state index in [1.54, 1.807) is 0 Å². The number of nitrogens with zero attached hydrogens (tertiary/aromatic N) is 3. The predicted molar refractivity (Wildman–Crippen MR) is 242 cm³/mol. The van der Waals surface area contributed by atoms with Crippen molar-refractivity contribution in [1.29, 1.82) is 0 Å². The standard InChI is InChI=1S/C55H38N4/c1-5-20-37(21-6-1)48-36-49(38-22-7-2-8-23-38)57-54(56-48)59-52-44(31-19-35-50(52)58(39-24-9-3-10-25-39)40-26-11-4-12-27-40)51-53(59)43-30-15-18-34-47(43)55(51)45-32-16-13-28-41(45)42-29-14-17-33-46(42)55/h1-36,54,56H. The van der Waals surface area contributed by atoms with Crippen molar-refractivity contribution < 1.29 is 0 Å². The van der Waals surface area contributed by atoms with Crippen LogP contribution in [0, 0.1) is 0 Å².